The molecule has 0 spiro atoms. The van der Waals surface area contributed by atoms with E-state index in [-0.39, 0.29) is 11.7 Å². The SMILES string of the molecule is O=C(c1nccs1)N1CCc2[nH]cnc2[C@H]1c1nc2c(F)cccc2s1. The molecule has 0 fully saturated rings. The number of imidazole rings is 1. The largest absolute Gasteiger partial charge is 0.348 e. The van der Waals surface area contributed by atoms with Crippen molar-refractivity contribution < 1.29 is 9.18 Å². The number of rotatable bonds is 2. The second kappa shape index (κ2) is 5.96. The normalized spacial score (nSPS) is 16.8. The third-order valence-corrected chi connectivity index (χ3v) is 6.26. The summed E-state index contributed by atoms with van der Waals surface area (Å²) in [5, 5.41) is 2.86. The molecular weight excluding hydrogens is 373 g/mol. The van der Waals surface area contributed by atoms with Gasteiger partial charge in [0.05, 0.1) is 16.7 Å². The van der Waals surface area contributed by atoms with Crippen molar-refractivity contribution in [1.82, 2.24) is 24.8 Å². The van der Waals surface area contributed by atoms with Crippen molar-refractivity contribution in [2.75, 3.05) is 6.54 Å². The molecule has 4 heterocycles. The van der Waals surface area contributed by atoms with E-state index in [9.17, 15) is 9.18 Å². The molecule has 26 heavy (non-hydrogen) atoms. The van der Waals surface area contributed by atoms with E-state index in [4.69, 9.17) is 0 Å². The number of amides is 1. The first-order valence-corrected chi connectivity index (χ1v) is 9.69. The van der Waals surface area contributed by atoms with Crippen molar-refractivity contribution in [2.24, 2.45) is 0 Å². The quantitative estimate of drug-likeness (QED) is 0.574. The Labute approximate surface area is 155 Å². The molecule has 0 radical (unpaired) electrons. The minimum absolute atomic E-state index is 0.154. The van der Waals surface area contributed by atoms with Gasteiger partial charge in [-0.25, -0.2) is 19.3 Å². The highest BCUT2D eigenvalue weighted by atomic mass is 32.1. The molecule has 0 saturated heterocycles. The molecule has 4 aromatic rings. The molecule has 0 bridgehead atoms. The third-order valence-electron chi connectivity index (χ3n) is 4.42. The van der Waals surface area contributed by atoms with E-state index < -0.39 is 6.04 Å². The number of aromatic amines is 1. The van der Waals surface area contributed by atoms with Gasteiger partial charge >= 0.3 is 0 Å². The first-order valence-electron chi connectivity index (χ1n) is 8.00. The van der Waals surface area contributed by atoms with E-state index in [0.717, 1.165) is 16.1 Å². The number of thiazole rings is 2. The molecule has 0 unspecified atom stereocenters. The summed E-state index contributed by atoms with van der Waals surface area (Å²) in [5.74, 6) is -0.515. The third kappa shape index (κ3) is 2.35. The Hall–Kier alpha value is -2.65. The van der Waals surface area contributed by atoms with E-state index in [0.29, 0.717) is 28.5 Å². The van der Waals surface area contributed by atoms with Crippen LogP contribution >= 0.6 is 22.7 Å². The number of nitrogens with zero attached hydrogens (tertiary/aromatic N) is 4. The van der Waals surface area contributed by atoms with Crippen LogP contribution in [0.25, 0.3) is 10.2 Å². The number of benzene rings is 1. The zero-order valence-electron chi connectivity index (χ0n) is 13.3. The summed E-state index contributed by atoms with van der Waals surface area (Å²) < 4.78 is 14.9. The fourth-order valence-corrected chi connectivity index (χ4v) is 4.94. The van der Waals surface area contributed by atoms with Crippen LogP contribution in [0.1, 0.15) is 32.2 Å². The summed E-state index contributed by atoms with van der Waals surface area (Å²) in [7, 11) is 0. The predicted octanol–water partition coefficient (Wildman–Crippen LogP) is 3.40. The Morgan fingerprint density at radius 2 is 2.27 bits per heavy atom. The summed E-state index contributed by atoms with van der Waals surface area (Å²) in [6.07, 6.45) is 3.93. The lowest BCUT2D eigenvalue weighted by atomic mass is 10.0. The van der Waals surface area contributed by atoms with Gasteiger partial charge in [-0.05, 0) is 12.1 Å². The number of aromatic nitrogens is 4. The fourth-order valence-electron chi connectivity index (χ4n) is 3.25. The minimum Gasteiger partial charge on any atom is -0.348 e. The van der Waals surface area contributed by atoms with Gasteiger partial charge in [-0.1, -0.05) is 6.07 Å². The number of hydrogen-bond acceptors (Lipinski definition) is 6. The lowest BCUT2D eigenvalue weighted by Crippen LogP contribution is -2.40. The van der Waals surface area contributed by atoms with E-state index in [1.165, 1.54) is 28.7 Å². The van der Waals surface area contributed by atoms with E-state index in [1.807, 2.05) is 6.07 Å². The van der Waals surface area contributed by atoms with Crippen LogP contribution in [0, 0.1) is 5.82 Å². The monoisotopic (exact) mass is 385 g/mol. The topological polar surface area (TPSA) is 74.8 Å². The maximum Gasteiger partial charge on any atom is 0.283 e. The predicted molar refractivity (Wildman–Crippen MR) is 96.9 cm³/mol. The molecule has 0 aliphatic carbocycles. The number of nitrogens with one attached hydrogen (secondary N) is 1. The molecule has 1 atom stereocenters. The zero-order valence-corrected chi connectivity index (χ0v) is 15.0. The first-order chi connectivity index (χ1) is 12.7. The lowest BCUT2D eigenvalue weighted by molar-refractivity contribution is 0.0690. The molecule has 1 aliphatic rings. The average Bonchev–Trinajstić information content (AvgIpc) is 3.39. The van der Waals surface area contributed by atoms with Gasteiger partial charge in [0, 0.05) is 30.2 Å². The summed E-state index contributed by atoms with van der Waals surface area (Å²) in [6.45, 7) is 0.524. The summed E-state index contributed by atoms with van der Waals surface area (Å²) in [4.78, 5) is 30.9. The number of fused-ring (bicyclic) bond motifs is 2. The van der Waals surface area contributed by atoms with Crippen LogP contribution in [0.3, 0.4) is 0 Å². The van der Waals surface area contributed by atoms with Gasteiger partial charge in [-0.2, -0.15) is 0 Å². The summed E-state index contributed by atoms with van der Waals surface area (Å²) in [6, 6.07) is 4.45. The number of carbonyl (C=O) groups excluding carboxylic acids is 1. The number of hydrogen-bond donors (Lipinski definition) is 1. The van der Waals surface area contributed by atoms with Gasteiger partial charge in [0.1, 0.15) is 22.4 Å². The number of H-pyrrole nitrogens is 1. The van der Waals surface area contributed by atoms with Crippen LogP contribution in [0.2, 0.25) is 0 Å². The number of halogens is 1. The van der Waals surface area contributed by atoms with Crippen molar-refractivity contribution in [3.05, 3.63) is 63.3 Å². The first kappa shape index (κ1) is 15.6. The van der Waals surface area contributed by atoms with Gasteiger partial charge in [0.25, 0.3) is 5.91 Å². The highest BCUT2D eigenvalue weighted by Gasteiger charge is 2.37. The highest BCUT2D eigenvalue weighted by molar-refractivity contribution is 7.18. The molecule has 3 aromatic heterocycles. The number of carbonyl (C=O) groups is 1. The van der Waals surface area contributed by atoms with Crippen molar-refractivity contribution in [3.63, 3.8) is 0 Å². The maximum absolute atomic E-state index is 14.1. The molecule has 1 aromatic carbocycles. The van der Waals surface area contributed by atoms with Crippen molar-refractivity contribution in [2.45, 2.75) is 12.5 Å². The average molecular weight is 385 g/mol. The molecule has 5 rings (SSSR count). The van der Waals surface area contributed by atoms with Crippen LogP contribution in [0.4, 0.5) is 4.39 Å². The molecule has 1 aliphatic heterocycles. The molecule has 0 saturated carbocycles. The van der Waals surface area contributed by atoms with Gasteiger partial charge in [0.2, 0.25) is 0 Å². The van der Waals surface area contributed by atoms with Crippen molar-refractivity contribution in [1.29, 1.82) is 0 Å². The Morgan fingerprint density at radius 1 is 1.35 bits per heavy atom. The number of para-hydroxylation sites is 1. The Morgan fingerprint density at radius 3 is 3.08 bits per heavy atom. The van der Waals surface area contributed by atoms with E-state index in [2.05, 4.69) is 19.9 Å². The van der Waals surface area contributed by atoms with Crippen molar-refractivity contribution in [3.8, 4) is 0 Å². The van der Waals surface area contributed by atoms with Crippen LogP contribution in [-0.2, 0) is 6.42 Å². The van der Waals surface area contributed by atoms with Crippen LogP contribution in [-0.4, -0.2) is 37.3 Å². The second-order valence-corrected chi connectivity index (χ2v) is 7.85. The standard InChI is InChI=1S/C17H12FN5OS2/c18-9-2-1-3-11-12(9)22-15(26-11)14-13-10(20-8-21-13)4-6-23(14)17(24)16-19-5-7-25-16/h1-3,5,7-8,14H,4,6H2,(H,20,21)/t14-/m0/s1. The zero-order chi connectivity index (χ0) is 17.7. The maximum atomic E-state index is 14.1. The second-order valence-electron chi connectivity index (χ2n) is 5.89. The van der Waals surface area contributed by atoms with Crippen LogP contribution < -0.4 is 0 Å². The van der Waals surface area contributed by atoms with Gasteiger partial charge in [-0.15, -0.1) is 22.7 Å². The molecular formula is C17H12FN5OS2. The van der Waals surface area contributed by atoms with E-state index >= 15 is 0 Å². The summed E-state index contributed by atoms with van der Waals surface area (Å²) >= 11 is 2.69. The Balaban J connectivity index is 1.66. The molecule has 6 nitrogen and oxygen atoms in total. The van der Waals surface area contributed by atoms with Crippen LogP contribution in [0.15, 0.2) is 36.1 Å². The van der Waals surface area contributed by atoms with Gasteiger partial charge in [0.15, 0.2) is 5.01 Å². The smallest absolute Gasteiger partial charge is 0.283 e. The Bertz CT molecular complexity index is 1100. The highest BCUT2D eigenvalue weighted by Crippen LogP contribution is 2.38. The molecule has 9 heteroatoms. The molecule has 130 valence electrons. The molecule has 1 amide bonds. The van der Waals surface area contributed by atoms with E-state index in [1.54, 1.807) is 28.9 Å². The fraction of sp³-hybridized carbons (Fsp3) is 0.176. The minimum atomic E-state index is -0.446. The van der Waals surface area contributed by atoms with Gasteiger partial charge < -0.3 is 9.88 Å². The lowest BCUT2D eigenvalue weighted by Gasteiger charge is -2.33. The van der Waals surface area contributed by atoms with Crippen LogP contribution in [0.5, 0.6) is 0 Å². The Kier molecular flexibility index (Phi) is 3.57. The molecule has 1 N–H and O–H groups in total. The van der Waals surface area contributed by atoms with Gasteiger partial charge in [-0.3, -0.25) is 4.79 Å². The summed E-state index contributed by atoms with van der Waals surface area (Å²) in [5.41, 5.74) is 2.08. The van der Waals surface area contributed by atoms with Crippen molar-refractivity contribution >= 4 is 38.8 Å².